The van der Waals surface area contributed by atoms with Gasteiger partial charge in [0.2, 0.25) is 0 Å². The summed E-state index contributed by atoms with van der Waals surface area (Å²) in [5, 5.41) is 11.8. The second-order valence-corrected chi connectivity index (χ2v) is 5.01. The largest absolute Gasteiger partial charge is 0.508 e. The molecule has 0 heterocycles. The van der Waals surface area contributed by atoms with Gasteiger partial charge in [-0.1, -0.05) is 12.1 Å². The monoisotopic (exact) mass is 329 g/mol. The lowest BCUT2D eigenvalue weighted by Gasteiger charge is -2.08. The minimum atomic E-state index is -0.512. The van der Waals surface area contributed by atoms with Crippen LogP contribution in [0.2, 0.25) is 0 Å². The number of carbonyl (C=O) groups excluding carboxylic acids is 2. The van der Waals surface area contributed by atoms with Gasteiger partial charge in [-0.3, -0.25) is 9.59 Å². The number of rotatable bonds is 7. The maximum absolute atomic E-state index is 11.8. The molecule has 24 heavy (non-hydrogen) atoms. The molecule has 6 nitrogen and oxygen atoms in total. The summed E-state index contributed by atoms with van der Waals surface area (Å²) >= 11 is 0. The molecule has 0 aliphatic carbocycles. The van der Waals surface area contributed by atoms with Crippen molar-refractivity contribution in [2.45, 2.75) is 13.3 Å². The highest BCUT2D eigenvalue weighted by Crippen LogP contribution is 2.15. The van der Waals surface area contributed by atoms with Gasteiger partial charge < -0.3 is 19.9 Å². The van der Waals surface area contributed by atoms with Crippen LogP contribution in [0, 0.1) is 0 Å². The number of aromatic hydroxyl groups is 1. The molecule has 0 saturated carbocycles. The van der Waals surface area contributed by atoms with Gasteiger partial charge in [0.25, 0.3) is 5.91 Å². The van der Waals surface area contributed by atoms with Gasteiger partial charge in [0.1, 0.15) is 11.5 Å². The molecule has 0 fully saturated rings. The van der Waals surface area contributed by atoms with Crippen molar-refractivity contribution in [2.24, 2.45) is 0 Å². The molecule has 0 bridgehead atoms. The fourth-order valence-electron chi connectivity index (χ4n) is 1.98. The minimum absolute atomic E-state index is 0.0383. The maximum Gasteiger partial charge on any atom is 0.310 e. The molecule has 6 heteroatoms. The van der Waals surface area contributed by atoms with E-state index in [9.17, 15) is 14.7 Å². The van der Waals surface area contributed by atoms with Crippen LogP contribution in [0.1, 0.15) is 12.5 Å². The summed E-state index contributed by atoms with van der Waals surface area (Å²) in [6.45, 7) is 2.11. The molecule has 0 spiro atoms. The standard InChI is InChI=1S/C18H19NO5/c1-2-23-16-9-5-14(6-10-16)19-17(21)12-24-18(22)11-13-3-7-15(20)8-4-13/h3-10,20H,2,11-12H2,1H3,(H,19,21). The van der Waals surface area contributed by atoms with Gasteiger partial charge in [0.05, 0.1) is 13.0 Å². The highest BCUT2D eigenvalue weighted by Gasteiger charge is 2.09. The van der Waals surface area contributed by atoms with E-state index in [0.29, 0.717) is 17.9 Å². The van der Waals surface area contributed by atoms with E-state index in [1.807, 2.05) is 6.92 Å². The summed E-state index contributed by atoms with van der Waals surface area (Å²) < 4.78 is 10.2. The van der Waals surface area contributed by atoms with E-state index < -0.39 is 11.9 Å². The molecule has 126 valence electrons. The number of ether oxygens (including phenoxy) is 2. The lowest BCUT2D eigenvalue weighted by Crippen LogP contribution is -2.21. The zero-order valence-corrected chi connectivity index (χ0v) is 13.3. The summed E-state index contributed by atoms with van der Waals surface area (Å²) in [5.41, 5.74) is 1.29. The molecular weight excluding hydrogens is 310 g/mol. The first-order valence-electron chi connectivity index (χ1n) is 7.53. The van der Waals surface area contributed by atoms with E-state index in [4.69, 9.17) is 9.47 Å². The summed E-state index contributed by atoms with van der Waals surface area (Å²) in [4.78, 5) is 23.5. The summed E-state index contributed by atoms with van der Waals surface area (Å²) in [5.74, 6) is -0.0848. The molecule has 2 aromatic rings. The SMILES string of the molecule is CCOc1ccc(NC(=O)COC(=O)Cc2ccc(O)cc2)cc1. The molecule has 2 rings (SSSR count). The molecule has 0 aliphatic rings. The van der Waals surface area contributed by atoms with E-state index in [1.54, 1.807) is 36.4 Å². The van der Waals surface area contributed by atoms with Crippen LogP contribution in [0.3, 0.4) is 0 Å². The Morgan fingerprint density at radius 3 is 2.33 bits per heavy atom. The second kappa shape index (κ2) is 8.57. The molecule has 2 N–H and O–H groups in total. The number of hydrogen-bond donors (Lipinski definition) is 2. The zero-order valence-electron chi connectivity index (χ0n) is 13.3. The number of amides is 1. The Kier molecular flexibility index (Phi) is 6.19. The molecule has 0 saturated heterocycles. The Morgan fingerprint density at radius 1 is 1.04 bits per heavy atom. The molecule has 2 aromatic carbocycles. The van der Waals surface area contributed by atoms with E-state index in [0.717, 1.165) is 5.75 Å². The molecule has 0 aromatic heterocycles. The van der Waals surface area contributed by atoms with Crippen LogP contribution in [0.5, 0.6) is 11.5 Å². The minimum Gasteiger partial charge on any atom is -0.508 e. The molecule has 1 amide bonds. The lowest BCUT2D eigenvalue weighted by molar-refractivity contribution is -0.146. The topological polar surface area (TPSA) is 84.9 Å². The Hall–Kier alpha value is -3.02. The van der Waals surface area contributed by atoms with E-state index in [1.165, 1.54) is 12.1 Å². The highest BCUT2D eigenvalue weighted by molar-refractivity contribution is 5.92. The second-order valence-electron chi connectivity index (χ2n) is 5.01. The lowest BCUT2D eigenvalue weighted by atomic mass is 10.1. The first-order valence-corrected chi connectivity index (χ1v) is 7.53. The maximum atomic E-state index is 11.8. The molecule has 0 unspecified atom stereocenters. The third-order valence-corrected chi connectivity index (χ3v) is 3.10. The van der Waals surface area contributed by atoms with Crippen LogP contribution in [-0.4, -0.2) is 30.2 Å². The van der Waals surface area contributed by atoms with Gasteiger partial charge in [-0.25, -0.2) is 0 Å². The Labute approximate surface area is 140 Å². The number of phenols is 1. The number of benzene rings is 2. The van der Waals surface area contributed by atoms with Gasteiger partial charge in [-0.15, -0.1) is 0 Å². The number of esters is 1. The Morgan fingerprint density at radius 2 is 1.71 bits per heavy atom. The number of phenolic OH excluding ortho intramolecular Hbond substituents is 1. The Balaban J connectivity index is 1.75. The van der Waals surface area contributed by atoms with Crippen molar-refractivity contribution in [3.8, 4) is 11.5 Å². The van der Waals surface area contributed by atoms with Crippen LogP contribution in [0.15, 0.2) is 48.5 Å². The average molecular weight is 329 g/mol. The fraction of sp³-hybridized carbons (Fsp3) is 0.222. The number of anilines is 1. The van der Waals surface area contributed by atoms with Crippen LogP contribution < -0.4 is 10.1 Å². The third kappa shape index (κ3) is 5.64. The number of carbonyl (C=O) groups is 2. The molecule has 0 atom stereocenters. The van der Waals surface area contributed by atoms with Gasteiger partial charge in [-0.05, 0) is 48.9 Å². The van der Waals surface area contributed by atoms with Crippen molar-refractivity contribution < 1.29 is 24.2 Å². The van der Waals surface area contributed by atoms with Crippen LogP contribution >= 0.6 is 0 Å². The quantitative estimate of drug-likeness (QED) is 0.763. The van der Waals surface area contributed by atoms with Crippen LogP contribution in [0.25, 0.3) is 0 Å². The zero-order chi connectivity index (χ0) is 17.4. The molecule has 0 radical (unpaired) electrons. The highest BCUT2D eigenvalue weighted by atomic mass is 16.5. The first kappa shape index (κ1) is 17.3. The van der Waals surface area contributed by atoms with Crippen molar-refractivity contribution in [3.05, 3.63) is 54.1 Å². The van der Waals surface area contributed by atoms with Gasteiger partial charge in [-0.2, -0.15) is 0 Å². The van der Waals surface area contributed by atoms with Crippen LogP contribution in [-0.2, 0) is 20.7 Å². The van der Waals surface area contributed by atoms with Gasteiger partial charge in [0, 0.05) is 5.69 Å². The fourth-order valence-corrected chi connectivity index (χ4v) is 1.98. The Bertz CT molecular complexity index is 680. The van der Waals surface area contributed by atoms with Gasteiger partial charge >= 0.3 is 5.97 Å². The predicted octanol–water partition coefficient (Wildman–Crippen LogP) is 2.52. The van der Waals surface area contributed by atoms with Crippen molar-refractivity contribution in [2.75, 3.05) is 18.5 Å². The van der Waals surface area contributed by atoms with Crippen LogP contribution in [0.4, 0.5) is 5.69 Å². The van der Waals surface area contributed by atoms with E-state index in [2.05, 4.69) is 5.32 Å². The van der Waals surface area contributed by atoms with Crippen molar-refractivity contribution >= 4 is 17.6 Å². The summed E-state index contributed by atoms with van der Waals surface area (Å²) in [6.07, 6.45) is 0.0383. The smallest absolute Gasteiger partial charge is 0.310 e. The normalized spacial score (nSPS) is 10.0. The van der Waals surface area contributed by atoms with Crippen molar-refractivity contribution in [1.29, 1.82) is 0 Å². The predicted molar refractivity (Wildman–Crippen MR) is 89.0 cm³/mol. The average Bonchev–Trinajstić information content (AvgIpc) is 2.57. The third-order valence-electron chi connectivity index (χ3n) is 3.10. The van der Waals surface area contributed by atoms with Gasteiger partial charge in [0.15, 0.2) is 6.61 Å². The van der Waals surface area contributed by atoms with Crippen molar-refractivity contribution in [3.63, 3.8) is 0 Å². The molecular formula is C18H19NO5. The van der Waals surface area contributed by atoms with E-state index >= 15 is 0 Å². The first-order chi connectivity index (χ1) is 11.6. The van der Waals surface area contributed by atoms with E-state index in [-0.39, 0.29) is 18.8 Å². The number of hydrogen-bond acceptors (Lipinski definition) is 5. The molecule has 0 aliphatic heterocycles. The van der Waals surface area contributed by atoms with Crippen molar-refractivity contribution in [1.82, 2.24) is 0 Å². The number of nitrogens with one attached hydrogen (secondary N) is 1. The summed E-state index contributed by atoms with van der Waals surface area (Å²) in [7, 11) is 0. The summed E-state index contributed by atoms with van der Waals surface area (Å²) in [6, 6.07) is 13.1.